The molecule has 0 radical (unpaired) electrons. The summed E-state index contributed by atoms with van der Waals surface area (Å²) in [5.41, 5.74) is 0.956. The number of carbonyl (C=O) groups excluding carboxylic acids is 1. The molecule has 3 rings (SSSR count). The molecular formula is C16H19NO2. The van der Waals surface area contributed by atoms with E-state index < -0.39 is 0 Å². The molecule has 100 valence electrons. The van der Waals surface area contributed by atoms with Crippen molar-refractivity contribution >= 4 is 5.91 Å². The first kappa shape index (κ1) is 12.4. The first-order valence-corrected chi connectivity index (χ1v) is 6.92. The Labute approximate surface area is 113 Å². The molecule has 2 aliphatic carbocycles. The Hall–Kier alpha value is -1.61. The monoisotopic (exact) mass is 257 g/mol. The van der Waals surface area contributed by atoms with E-state index in [9.17, 15) is 9.90 Å². The van der Waals surface area contributed by atoms with Crippen molar-refractivity contribution in [3.05, 3.63) is 48.0 Å². The summed E-state index contributed by atoms with van der Waals surface area (Å²) in [6, 6.07) is 9.34. The first-order chi connectivity index (χ1) is 9.28. The van der Waals surface area contributed by atoms with Gasteiger partial charge >= 0.3 is 0 Å². The highest BCUT2D eigenvalue weighted by Crippen LogP contribution is 2.43. The molecule has 0 spiro atoms. The zero-order chi connectivity index (χ0) is 13.2. The molecule has 0 heterocycles. The quantitative estimate of drug-likeness (QED) is 0.811. The van der Waals surface area contributed by atoms with Gasteiger partial charge < -0.3 is 10.4 Å². The van der Waals surface area contributed by atoms with Crippen LogP contribution < -0.4 is 5.32 Å². The lowest BCUT2D eigenvalue weighted by Gasteiger charge is -2.22. The van der Waals surface area contributed by atoms with Gasteiger partial charge in [0.1, 0.15) is 0 Å². The summed E-state index contributed by atoms with van der Waals surface area (Å²) >= 11 is 0. The van der Waals surface area contributed by atoms with Crippen LogP contribution in [0.5, 0.6) is 0 Å². The topological polar surface area (TPSA) is 49.3 Å². The van der Waals surface area contributed by atoms with Crippen LogP contribution in [-0.4, -0.2) is 17.6 Å². The normalized spacial score (nSPS) is 29.4. The minimum atomic E-state index is -0.295. The second-order valence-electron chi connectivity index (χ2n) is 5.54. The number of allylic oxidation sites excluding steroid dienone is 2. The molecule has 1 fully saturated rings. The van der Waals surface area contributed by atoms with E-state index in [0.717, 1.165) is 18.4 Å². The Morgan fingerprint density at radius 3 is 2.63 bits per heavy atom. The molecule has 0 aliphatic heterocycles. The molecule has 1 aromatic rings. The largest absolute Gasteiger partial charge is 0.394 e. The van der Waals surface area contributed by atoms with E-state index >= 15 is 0 Å². The van der Waals surface area contributed by atoms with E-state index in [2.05, 4.69) is 17.5 Å². The van der Waals surface area contributed by atoms with Crippen molar-refractivity contribution in [2.45, 2.75) is 18.9 Å². The minimum absolute atomic E-state index is 0.0631. The molecule has 2 aliphatic rings. The zero-order valence-corrected chi connectivity index (χ0v) is 10.8. The summed E-state index contributed by atoms with van der Waals surface area (Å²) < 4.78 is 0. The van der Waals surface area contributed by atoms with Crippen LogP contribution in [0.3, 0.4) is 0 Å². The van der Waals surface area contributed by atoms with E-state index in [1.165, 1.54) is 0 Å². The van der Waals surface area contributed by atoms with Crippen LogP contribution in [0.25, 0.3) is 0 Å². The first-order valence-electron chi connectivity index (χ1n) is 6.92. The van der Waals surface area contributed by atoms with Crippen LogP contribution in [0.4, 0.5) is 0 Å². The third-order valence-corrected chi connectivity index (χ3v) is 4.32. The maximum atomic E-state index is 12.3. The van der Waals surface area contributed by atoms with Crippen LogP contribution in [0, 0.1) is 17.8 Å². The van der Waals surface area contributed by atoms with Crippen molar-refractivity contribution in [3.63, 3.8) is 0 Å². The van der Waals surface area contributed by atoms with E-state index in [4.69, 9.17) is 0 Å². The van der Waals surface area contributed by atoms with Crippen molar-refractivity contribution in [1.29, 1.82) is 0 Å². The number of benzene rings is 1. The lowest BCUT2D eigenvalue weighted by Crippen LogP contribution is -2.37. The van der Waals surface area contributed by atoms with Crippen molar-refractivity contribution in [1.82, 2.24) is 5.32 Å². The van der Waals surface area contributed by atoms with Gasteiger partial charge in [-0.1, -0.05) is 42.5 Å². The molecular weight excluding hydrogens is 238 g/mol. The van der Waals surface area contributed by atoms with Crippen molar-refractivity contribution < 1.29 is 9.90 Å². The standard InChI is InChI=1S/C16H19NO2/c18-10-15(12-4-2-1-3-5-12)17-16(19)14-9-11-6-7-13(14)8-11/h1-7,11,13-15,18H,8-10H2,(H,17,19). The highest BCUT2D eigenvalue weighted by molar-refractivity contribution is 5.80. The lowest BCUT2D eigenvalue weighted by atomic mass is 9.92. The number of rotatable bonds is 4. The van der Waals surface area contributed by atoms with Crippen molar-refractivity contribution in [2.75, 3.05) is 6.61 Å². The predicted molar refractivity (Wildman–Crippen MR) is 73.3 cm³/mol. The van der Waals surface area contributed by atoms with Gasteiger partial charge in [-0.2, -0.15) is 0 Å². The van der Waals surface area contributed by atoms with Crippen molar-refractivity contribution in [3.8, 4) is 0 Å². The molecule has 0 aromatic heterocycles. The number of aliphatic hydroxyl groups is 1. The maximum absolute atomic E-state index is 12.3. The summed E-state index contributed by atoms with van der Waals surface area (Å²) in [5, 5.41) is 12.5. The van der Waals surface area contributed by atoms with Gasteiger partial charge in [0.2, 0.25) is 5.91 Å². The lowest BCUT2D eigenvalue weighted by molar-refractivity contribution is -0.126. The predicted octanol–water partition coefficient (Wildman–Crippen LogP) is 2.05. The Morgan fingerprint density at radius 2 is 2.05 bits per heavy atom. The summed E-state index contributed by atoms with van der Waals surface area (Å²) in [6.07, 6.45) is 6.48. The molecule has 4 atom stereocenters. The van der Waals surface area contributed by atoms with Gasteiger partial charge in [-0.25, -0.2) is 0 Å². The molecule has 19 heavy (non-hydrogen) atoms. The highest BCUT2D eigenvalue weighted by atomic mass is 16.3. The van der Waals surface area contributed by atoms with E-state index in [1.54, 1.807) is 0 Å². The van der Waals surface area contributed by atoms with Crippen LogP contribution in [0.2, 0.25) is 0 Å². The fourth-order valence-corrected chi connectivity index (χ4v) is 3.28. The molecule has 3 nitrogen and oxygen atoms in total. The molecule has 1 amide bonds. The summed E-state index contributed by atoms with van der Waals surface area (Å²) in [4.78, 5) is 12.3. The molecule has 0 saturated heterocycles. The van der Waals surface area contributed by atoms with E-state index in [0.29, 0.717) is 11.8 Å². The molecule has 2 N–H and O–H groups in total. The highest BCUT2D eigenvalue weighted by Gasteiger charge is 2.40. The average molecular weight is 257 g/mol. The van der Waals surface area contributed by atoms with Gasteiger partial charge in [0.15, 0.2) is 0 Å². The number of amides is 1. The maximum Gasteiger partial charge on any atom is 0.224 e. The molecule has 4 unspecified atom stereocenters. The minimum Gasteiger partial charge on any atom is -0.394 e. The fraction of sp³-hybridized carbons (Fsp3) is 0.438. The van der Waals surface area contributed by atoms with Crippen LogP contribution in [0.1, 0.15) is 24.4 Å². The number of carbonyl (C=O) groups is 1. The van der Waals surface area contributed by atoms with E-state index in [-0.39, 0.29) is 24.5 Å². The van der Waals surface area contributed by atoms with Crippen LogP contribution >= 0.6 is 0 Å². The van der Waals surface area contributed by atoms with Gasteiger partial charge in [0.25, 0.3) is 0 Å². The van der Waals surface area contributed by atoms with Crippen LogP contribution in [-0.2, 0) is 4.79 Å². The number of hydrogen-bond acceptors (Lipinski definition) is 2. The third kappa shape index (κ3) is 2.43. The molecule has 2 bridgehead atoms. The van der Waals surface area contributed by atoms with Crippen molar-refractivity contribution in [2.24, 2.45) is 17.8 Å². The zero-order valence-electron chi connectivity index (χ0n) is 10.8. The van der Waals surface area contributed by atoms with Crippen LogP contribution in [0.15, 0.2) is 42.5 Å². The van der Waals surface area contributed by atoms with Gasteiger partial charge in [0.05, 0.1) is 12.6 Å². The summed E-state index contributed by atoms with van der Waals surface area (Å²) in [6.45, 7) is -0.0631. The Bertz CT molecular complexity index is 483. The average Bonchev–Trinajstić information content (AvgIpc) is 3.08. The summed E-state index contributed by atoms with van der Waals surface area (Å²) in [5.74, 6) is 1.16. The fourth-order valence-electron chi connectivity index (χ4n) is 3.28. The van der Waals surface area contributed by atoms with E-state index in [1.807, 2.05) is 30.3 Å². The molecule has 1 saturated carbocycles. The van der Waals surface area contributed by atoms with Gasteiger partial charge in [-0.05, 0) is 30.2 Å². The van der Waals surface area contributed by atoms with Gasteiger partial charge in [0, 0.05) is 5.92 Å². The third-order valence-electron chi connectivity index (χ3n) is 4.32. The molecule has 3 heteroatoms. The second kappa shape index (κ2) is 5.17. The van der Waals surface area contributed by atoms with Gasteiger partial charge in [-0.3, -0.25) is 4.79 Å². The smallest absolute Gasteiger partial charge is 0.224 e. The summed E-state index contributed by atoms with van der Waals surface area (Å²) in [7, 11) is 0. The Kier molecular flexibility index (Phi) is 3.38. The van der Waals surface area contributed by atoms with Gasteiger partial charge in [-0.15, -0.1) is 0 Å². The molecule has 1 aromatic carbocycles. The number of nitrogens with one attached hydrogen (secondary N) is 1. The SMILES string of the molecule is O=C(NC(CO)c1ccccc1)C1CC2C=CC1C2. The number of hydrogen-bond donors (Lipinski definition) is 2. The number of aliphatic hydroxyl groups excluding tert-OH is 1. The Balaban J connectivity index is 1.67. The Morgan fingerprint density at radius 1 is 1.26 bits per heavy atom. The number of fused-ring (bicyclic) bond motifs is 2. The second-order valence-corrected chi connectivity index (χ2v) is 5.54.